The molecule has 2 heterocycles. The highest BCUT2D eigenvalue weighted by atomic mass is 79.9. The van der Waals surface area contributed by atoms with Crippen LogP contribution in [-0.2, 0) is 6.42 Å². The summed E-state index contributed by atoms with van der Waals surface area (Å²) in [7, 11) is 0. The molecule has 5 nitrogen and oxygen atoms in total. The summed E-state index contributed by atoms with van der Waals surface area (Å²) in [5.41, 5.74) is 1.75. The molecule has 1 aliphatic heterocycles. The van der Waals surface area contributed by atoms with Crippen molar-refractivity contribution in [3.05, 3.63) is 33.9 Å². The van der Waals surface area contributed by atoms with Crippen molar-refractivity contribution in [2.45, 2.75) is 19.4 Å². The molecule has 0 saturated heterocycles. The molecular weight excluding hydrogens is 314 g/mol. The predicted molar refractivity (Wildman–Crippen MR) is 70.4 cm³/mol. The van der Waals surface area contributed by atoms with Gasteiger partial charge in [-0.05, 0) is 40.5 Å². The molecule has 98 valence electrons. The summed E-state index contributed by atoms with van der Waals surface area (Å²) in [6, 6.07) is 5.19. The first-order valence-electron chi connectivity index (χ1n) is 5.74. The van der Waals surface area contributed by atoms with Gasteiger partial charge in [-0.3, -0.25) is 0 Å². The normalized spacial score (nSPS) is 17.1. The maximum atomic E-state index is 10.8. The Morgan fingerprint density at radius 3 is 2.95 bits per heavy atom. The van der Waals surface area contributed by atoms with E-state index in [2.05, 4.69) is 21.1 Å². The van der Waals surface area contributed by atoms with Crippen LogP contribution in [0.2, 0.25) is 0 Å². The van der Waals surface area contributed by atoms with Crippen LogP contribution in [0.3, 0.4) is 0 Å². The molecule has 1 unspecified atom stereocenters. The van der Waals surface area contributed by atoms with Gasteiger partial charge in [-0.15, -0.1) is 0 Å². The molecule has 1 aliphatic rings. The van der Waals surface area contributed by atoms with Gasteiger partial charge in [0, 0.05) is 18.1 Å². The quantitative estimate of drug-likeness (QED) is 0.919. The van der Waals surface area contributed by atoms with Crippen LogP contribution in [0.1, 0.15) is 23.0 Å². The Bertz CT molecular complexity index is 665. The third-order valence-electron chi connectivity index (χ3n) is 2.96. The third-order valence-corrected chi connectivity index (χ3v) is 3.55. The number of ether oxygens (including phenoxy) is 1. The van der Waals surface area contributed by atoms with E-state index in [1.54, 1.807) is 0 Å². The van der Waals surface area contributed by atoms with Crippen molar-refractivity contribution < 1.29 is 19.2 Å². The van der Waals surface area contributed by atoms with Crippen LogP contribution in [-0.4, -0.2) is 22.3 Å². The van der Waals surface area contributed by atoms with E-state index in [0.717, 1.165) is 27.8 Å². The lowest BCUT2D eigenvalue weighted by Crippen LogP contribution is -2.05. The van der Waals surface area contributed by atoms with E-state index in [-0.39, 0.29) is 11.8 Å². The molecule has 0 saturated carbocycles. The zero-order valence-electron chi connectivity index (χ0n) is 10.0. The van der Waals surface area contributed by atoms with Gasteiger partial charge >= 0.3 is 5.97 Å². The molecule has 19 heavy (non-hydrogen) atoms. The highest BCUT2D eigenvalue weighted by Crippen LogP contribution is 2.39. The number of fused-ring (bicyclic) bond motifs is 1. The number of carboxylic acids is 1. The van der Waals surface area contributed by atoms with E-state index >= 15 is 0 Å². The molecule has 0 aliphatic carbocycles. The van der Waals surface area contributed by atoms with E-state index < -0.39 is 5.97 Å². The second-order valence-corrected chi connectivity index (χ2v) is 5.31. The van der Waals surface area contributed by atoms with Crippen molar-refractivity contribution in [1.29, 1.82) is 0 Å². The third kappa shape index (κ3) is 2.12. The lowest BCUT2D eigenvalue weighted by Gasteiger charge is -2.05. The highest BCUT2D eigenvalue weighted by Gasteiger charge is 2.23. The Kier molecular flexibility index (Phi) is 2.82. The van der Waals surface area contributed by atoms with E-state index in [4.69, 9.17) is 14.4 Å². The van der Waals surface area contributed by atoms with Crippen molar-refractivity contribution >= 4 is 21.9 Å². The first kappa shape index (κ1) is 12.2. The molecule has 0 bridgehead atoms. The molecule has 6 heteroatoms. The zero-order valence-corrected chi connectivity index (χ0v) is 11.6. The van der Waals surface area contributed by atoms with E-state index in [0.29, 0.717) is 5.76 Å². The van der Waals surface area contributed by atoms with Crippen molar-refractivity contribution in [1.82, 2.24) is 5.16 Å². The number of hydrogen-bond donors (Lipinski definition) is 1. The average Bonchev–Trinajstić information content (AvgIpc) is 2.94. The van der Waals surface area contributed by atoms with Crippen LogP contribution >= 0.6 is 15.9 Å². The summed E-state index contributed by atoms with van der Waals surface area (Å²) in [6.45, 7) is 2.00. The summed E-state index contributed by atoms with van der Waals surface area (Å²) < 4.78 is 11.6. The molecule has 1 N–H and O–H groups in total. The zero-order chi connectivity index (χ0) is 13.6. The number of aromatic carboxylic acids is 1. The summed E-state index contributed by atoms with van der Waals surface area (Å²) in [4.78, 5) is 10.8. The maximum Gasteiger partial charge on any atom is 0.358 e. The minimum Gasteiger partial charge on any atom is -0.489 e. The van der Waals surface area contributed by atoms with Gasteiger partial charge in [-0.1, -0.05) is 5.16 Å². The van der Waals surface area contributed by atoms with E-state index in [1.165, 1.54) is 6.07 Å². The van der Waals surface area contributed by atoms with Crippen molar-refractivity contribution in [2.24, 2.45) is 0 Å². The van der Waals surface area contributed by atoms with Crippen molar-refractivity contribution in [3.63, 3.8) is 0 Å². The van der Waals surface area contributed by atoms with Gasteiger partial charge in [0.2, 0.25) is 0 Å². The molecule has 0 spiro atoms. The van der Waals surface area contributed by atoms with E-state index in [9.17, 15) is 4.79 Å². The Morgan fingerprint density at radius 2 is 2.26 bits per heavy atom. The van der Waals surface area contributed by atoms with Gasteiger partial charge in [-0.2, -0.15) is 0 Å². The largest absolute Gasteiger partial charge is 0.489 e. The van der Waals surface area contributed by atoms with Gasteiger partial charge in [0.1, 0.15) is 11.9 Å². The summed E-state index contributed by atoms with van der Waals surface area (Å²) in [5.74, 6) is 0.168. The summed E-state index contributed by atoms with van der Waals surface area (Å²) in [6.07, 6.45) is 0.965. The Hall–Kier alpha value is -1.82. The fourth-order valence-electron chi connectivity index (χ4n) is 2.14. The second kappa shape index (κ2) is 4.38. The van der Waals surface area contributed by atoms with Gasteiger partial charge in [-0.25, -0.2) is 4.79 Å². The van der Waals surface area contributed by atoms with Crippen molar-refractivity contribution in [3.8, 4) is 17.1 Å². The molecule has 2 aromatic rings. The topological polar surface area (TPSA) is 72.6 Å². The van der Waals surface area contributed by atoms with Crippen LogP contribution in [0, 0.1) is 0 Å². The molecule has 0 fully saturated rings. The SMILES string of the molecule is CC1Cc2cc(-c3cc(C(=O)O)no3)cc(Br)c2O1. The minimum atomic E-state index is -1.10. The predicted octanol–water partition coefficient (Wildman–Crippen LogP) is 3.13. The van der Waals surface area contributed by atoms with Gasteiger partial charge in [0.05, 0.1) is 4.47 Å². The number of hydrogen-bond acceptors (Lipinski definition) is 4. The molecule has 0 amide bonds. The van der Waals surface area contributed by atoms with Crippen LogP contribution in [0.5, 0.6) is 5.75 Å². The second-order valence-electron chi connectivity index (χ2n) is 4.46. The number of carboxylic acid groups (broad SMARTS) is 1. The van der Waals surface area contributed by atoms with Gasteiger partial charge in [0.15, 0.2) is 11.5 Å². The number of nitrogens with zero attached hydrogens (tertiary/aromatic N) is 1. The Labute approximate surface area is 117 Å². The number of aromatic nitrogens is 1. The van der Waals surface area contributed by atoms with Crippen molar-refractivity contribution in [2.75, 3.05) is 0 Å². The maximum absolute atomic E-state index is 10.8. The Morgan fingerprint density at radius 1 is 1.47 bits per heavy atom. The molecule has 1 aromatic carbocycles. The molecule has 1 atom stereocenters. The first-order chi connectivity index (χ1) is 9.04. The lowest BCUT2D eigenvalue weighted by molar-refractivity contribution is 0.0686. The number of benzene rings is 1. The lowest BCUT2D eigenvalue weighted by atomic mass is 10.1. The summed E-state index contributed by atoms with van der Waals surface area (Å²) in [5, 5.41) is 12.3. The number of carbonyl (C=O) groups is 1. The smallest absolute Gasteiger partial charge is 0.358 e. The fourth-order valence-corrected chi connectivity index (χ4v) is 2.74. The monoisotopic (exact) mass is 323 g/mol. The van der Waals surface area contributed by atoms with Gasteiger partial charge < -0.3 is 14.4 Å². The van der Waals surface area contributed by atoms with E-state index in [1.807, 2.05) is 19.1 Å². The summed E-state index contributed by atoms with van der Waals surface area (Å²) >= 11 is 3.46. The average molecular weight is 324 g/mol. The highest BCUT2D eigenvalue weighted by molar-refractivity contribution is 9.10. The van der Waals surface area contributed by atoms with Crippen LogP contribution in [0.25, 0.3) is 11.3 Å². The molecule has 3 rings (SSSR count). The first-order valence-corrected chi connectivity index (χ1v) is 6.53. The standard InChI is InChI=1S/C13H10BrNO4/c1-6-2-8-3-7(4-9(14)12(8)18-6)11-5-10(13(16)17)15-19-11/h3-6H,2H2,1H3,(H,16,17). The minimum absolute atomic E-state index is 0.101. The number of rotatable bonds is 2. The van der Waals surface area contributed by atoms with Gasteiger partial charge in [0.25, 0.3) is 0 Å². The molecule has 0 radical (unpaired) electrons. The Balaban J connectivity index is 2.04. The molecule has 1 aromatic heterocycles. The van der Waals surface area contributed by atoms with Crippen LogP contribution in [0.15, 0.2) is 27.2 Å². The number of halogens is 1. The van der Waals surface area contributed by atoms with Crippen LogP contribution in [0.4, 0.5) is 0 Å². The van der Waals surface area contributed by atoms with Crippen LogP contribution < -0.4 is 4.74 Å². The molecular formula is C13H10BrNO4. The fraction of sp³-hybridized carbons (Fsp3) is 0.231.